The second kappa shape index (κ2) is 10.0. The number of nitrogens with zero attached hydrogens (tertiary/aromatic N) is 2. The first kappa shape index (κ1) is 22.7. The molecule has 35 heavy (non-hydrogen) atoms. The minimum atomic E-state index is -0.250. The van der Waals surface area contributed by atoms with Gasteiger partial charge in [0, 0.05) is 23.0 Å². The topological polar surface area (TPSA) is 129 Å². The summed E-state index contributed by atoms with van der Waals surface area (Å²) in [6, 6.07) is 15.7. The van der Waals surface area contributed by atoms with E-state index in [4.69, 9.17) is 4.74 Å². The van der Waals surface area contributed by atoms with Crippen LogP contribution in [0.3, 0.4) is 0 Å². The summed E-state index contributed by atoms with van der Waals surface area (Å²) in [7, 11) is 0. The fourth-order valence-electron chi connectivity index (χ4n) is 4.16. The lowest BCUT2D eigenvalue weighted by molar-refractivity contribution is -0.0224. The molecular weight excluding hydrogens is 446 g/mol. The van der Waals surface area contributed by atoms with Gasteiger partial charge in [-0.15, -0.1) is 0 Å². The van der Waals surface area contributed by atoms with E-state index in [-0.39, 0.29) is 30.4 Å². The Hall–Kier alpha value is -4.08. The van der Waals surface area contributed by atoms with Crippen molar-refractivity contribution in [1.82, 2.24) is 15.0 Å². The SMILES string of the molecule is O=C(Nc1ccccc1)c1ccc(C(=O)c2c[nH]c3ncnc(N[C@H]4CC[C@H](CO)OC4)c23)cc1. The molecule has 3 heterocycles. The van der Waals surface area contributed by atoms with Gasteiger partial charge >= 0.3 is 0 Å². The van der Waals surface area contributed by atoms with E-state index in [0.29, 0.717) is 45.8 Å². The summed E-state index contributed by atoms with van der Waals surface area (Å²) in [4.78, 5) is 37.6. The highest BCUT2D eigenvalue weighted by Crippen LogP contribution is 2.27. The Morgan fingerprint density at radius 1 is 1.03 bits per heavy atom. The number of ketones is 1. The molecule has 2 aromatic heterocycles. The minimum absolute atomic E-state index is 0.00758. The monoisotopic (exact) mass is 471 g/mol. The predicted octanol–water partition coefficient (Wildman–Crippen LogP) is 3.39. The van der Waals surface area contributed by atoms with Crippen molar-refractivity contribution in [1.29, 1.82) is 0 Å². The van der Waals surface area contributed by atoms with E-state index < -0.39 is 0 Å². The first-order valence-corrected chi connectivity index (χ1v) is 11.4. The Kier molecular flexibility index (Phi) is 6.51. The molecule has 5 rings (SSSR count). The molecule has 9 nitrogen and oxygen atoms in total. The zero-order valence-electron chi connectivity index (χ0n) is 18.9. The van der Waals surface area contributed by atoms with Crippen LogP contribution in [0.15, 0.2) is 67.1 Å². The van der Waals surface area contributed by atoms with Gasteiger partial charge in [0.15, 0.2) is 5.78 Å². The first-order chi connectivity index (χ1) is 17.1. The molecule has 1 fully saturated rings. The lowest BCUT2D eigenvalue weighted by Crippen LogP contribution is -2.36. The Morgan fingerprint density at radius 3 is 2.51 bits per heavy atom. The Morgan fingerprint density at radius 2 is 1.80 bits per heavy atom. The van der Waals surface area contributed by atoms with Crippen LogP contribution < -0.4 is 10.6 Å². The number of H-pyrrole nitrogens is 1. The molecule has 0 radical (unpaired) electrons. The summed E-state index contributed by atoms with van der Waals surface area (Å²) in [5, 5.41) is 16.1. The summed E-state index contributed by atoms with van der Waals surface area (Å²) in [5.41, 5.74) is 2.59. The molecule has 1 aliphatic rings. The lowest BCUT2D eigenvalue weighted by Gasteiger charge is -2.29. The number of rotatable bonds is 7. The number of para-hydroxylation sites is 1. The number of ether oxygens (including phenoxy) is 1. The molecule has 0 unspecified atom stereocenters. The van der Waals surface area contributed by atoms with Crippen LogP contribution in [0.5, 0.6) is 0 Å². The van der Waals surface area contributed by atoms with Gasteiger partial charge in [-0.05, 0) is 37.1 Å². The van der Waals surface area contributed by atoms with Crippen LogP contribution in [-0.2, 0) is 4.74 Å². The molecule has 9 heteroatoms. The molecule has 2 atom stereocenters. The second-order valence-corrected chi connectivity index (χ2v) is 8.43. The van der Waals surface area contributed by atoms with Gasteiger partial charge in [0.1, 0.15) is 17.8 Å². The summed E-state index contributed by atoms with van der Waals surface area (Å²) in [6.45, 7) is 0.449. The molecule has 1 saturated heterocycles. The molecule has 4 aromatic rings. The van der Waals surface area contributed by atoms with E-state index in [0.717, 1.165) is 12.8 Å². The van der Waals surface area contributed by atoms with Crippen molar-refractivity contribution in [3.63, 3.8) is 0 Å². The number of amides is 1. The number of hydrogen-bond acceptors (Lipinski definition) is 7. The van der Waals surface area contributed by atoms with Gasteiger partial charge in [0.25, 0.3) is 5.91 Å². The summed E-state index contributed by atoms with van der Waals surface area (Å²) < 4.78 is 5.66. The second-order valence-electron chi connectivity index (χ2n) is 8.43. The van der Waals surface area contributed by atoms with Gasteiger partial charge < -0.3 is 25.5 Å². The molecule has 0 aliphatic carbocycles. The number of fused-ring (bicyclic) bond motifs is 1. The average Bonchev–Trinajstić information content (AvgIpc) is 3.35. The number of aliphatic hydroxyl groups is 1. The average molecular weight is 472 g/mol. The van der Waals surface area contributed by atoms with E-state index in [1.54, 1.807) is 30.5 Å². The van der Waals surface area contributed by atoms with Crippen LogP contribution in [0.2, 0.25) is 0 Å². The van der Waals surface area contributed by atoms with E-state index in [1.807, 2.05) is 30.3 Å². The third-order valence-corrected chi connectivity index (χ3v) is 6.07. The summed E-state index contributed by atoms with van der Waals surface area (Å²) >= 11 is 0. The number of aromatic amines is 1. The fraction of sp³-hybridized carbons (Fsp3) is 0.231. The van der Waals surface area contributed by atoms with Crippen LogP contribution in [0.1, 0.15) is 39.1 Å². The van der Waals surface area contributed by atoms with Crippen LogP contribution >= 0.6 is 0 Å². The van der Waals surface area contributed by atoms with Crippen LogP contribution in [0, 0.1) is 0 Å². The number of nitrogens with one attached hydrogen (secondary N) is 3. The number of aromatic nitrogens is 3. The zero-order valence-corrected chi connectivity index (χ0v) is 18.9. The number of carbonyl (C=O) groups is 2. The highest BCUT2D eigenvalue weighted by atomic mass is 16.5. The number of hydrogen-bond donors (Lipinski definition) is 4. The Balaban J connectivity index is 1.35. The smallest absolute Gasteiger partial charge is 0.255 e. The van der Waals surface area contributed by atoms with Crippen LogP contribution in [0.25, 0.3) is 11.0 Å². The number of benzene rings is 2. The molecule has 4 N–H and O–H groups in total. The van der Waals surface area contributed by atoms with Gasteiger partial charge in [0.05, 0.1) is 36.3 Å². The normalized spacial score (nSPS) is 17.7. The minimum Gasteiger partial charge on any atom is -0.394 e. The maximum atomic E-state index is 13.4. The van der Waals surface area contributed by atoms with E-state index in [9.17, 15) is 14.7 Å². The third kappa shape index (κ3) is 4.91. The molecule has 178 valence electrons. The van der Waals surface area contributed by atoms with Gasteiger partial charge in [-0.3, -0.25) is 9.59 Å². The zero-order chi connectivity index (χ0) is 24.2. The van der Waals surface area contributed by atoms with Crippen LogP contribution in [0.4, 0.5) is 11.5 Å². The van der Waals surface area contributed by atoms with E-state index in [2.05, 4.69) is 25.6 Å². The van der Waals surface area contributed by atoms with Crippen molar-refractivity contribution in [2.75, 3.05) is 23.8 Å². The van der Waals surface area contributed by atoms with Crippen molar-refractivity contribution in [2.45, 2.75) is 25.0 Å². The fourth-order valence-corrected chi connectivity index (χ4v) is 4.16. The van der Waals surface area contributed by atoms with Crippen molar-refractivity contribution in [2.24, 2.45) is 0 Å². The van der Waals surface area contributed by atoms with Crippen molar-refractivity contribution < 1.29 is 19.4 Å². The number of anilines is 2. The Labute approximate surface area is 201 Å². The maximum absolute atomic E-state index is 13.4. The molecule has 2 aromatic carbocycles. The highest BCUT2D eigenvalue weighted by molar-refractivity contribution is 6.18. The lowest BCUT2D eigenvalue weighted by atomic mass is 10.0. The number of carbonyl (C=O) groups excluding carboxylic acids is 2. The van der Waals surface area contributed by atoms with Gasteiger partial charge in [0.2, 0.25) is 0 Å². The molecule has 1 aliphatic heterocycles. The quantitative estimate of drug-likeness (QED) is 0.304. The molecule has 0 saturated carbocycles. The van der Waals surface area contributed by atoms with Crippen LogP contribution in [-0.4, -0.2) is 57.1 Å². The summed E-state index contributed by atoms with van der Waals surface area (Å²) in [6.07, 6.45) is 4.49. The van der Waals surface area contributed by atoms with Crippen molar-refractivity contribution in [3.8, 4) is 0 Å². The molecule has 0 bridgehead atoms. The molecular formula is C26H25N5O4. The van der Waals surface area contributed by atoms with Gasteiger partial charge in [-0.25, -0.2) is 9.97 Å². The van der Waals surface area contributed by atoms with E-state index in [1.165, 1.54) is 6.33 Å². The first-order valence-electron chi connectivity index (χ1n) is 11.4. The standard InChI is InChI=1S/C26H25N5O4/c32-13-20-11-10-19(14-35-20)30-25-22-21(12-27-24(22)28-15-29-25)23(33)16-6-8-17(9-7-16)26(34)31-18-4-2-1-3-5-18/h1-9,12,15,19-20,32H,10-11,13-14H2,(H,31,34)(H2,27,28,29,30)/t19-,20+/m0/s1. The van der Waals surface area contributed by atoms with E-state index >= 15 is 0 Å². The Bertz CT molecular complexity index is 1330. The maximum Gasteiger partial charge on any atom is 0.255 e. The van der Waals surface area contributed by atoms with Crippen molar-refractivity contribution in [3.05, 3.63) is 83.8 Å². The summed E-state index contributed by atoms with van der Waals surface area (Å²) in [5.74, 6) is 0.0965. The number of aliphatic hydroxyl groups excluding tert-OH is 1. The molecule has 1 amide bonds. The predicted molar refractivity (Wildman–Crippen MR) is 132 cm³/mol. The largest absolute Gasteiger partial charge is 0.394 e. The van der Waals surface area contributed by atoms with Crippen molar-refractivity contribution >= 4 is 34.2 Å². The van der Waals surface area contributed by atoms with Gasteiger partial charge in [-0.1, -0.05) is 30.3 Å². The highest BCUT2D eigenvalue weighted by Gasteiger charge is 2.24. The third-order valence-electron chi connectivity index (χ3n) is 6.07. The molecule has 0 spiro atoms. The van der Waals surface area contributed by atoms with Gasteiger partial charge in [-0.2, -0.15) is 0 Å².